The lowest BCUT2D eigenvalue weighted by atomic mass is 10.0. The molecule has 0 spiro atoms. The Morgan fingerprint density at radius 3 is 2.59 bits per heavy atom. The lowest BCUT2D eigenvalue weighted by Gasteiger charge is -2.20. The fraction of sp³-hybridized carbons (Fsp3) is 0.269. The predicted octanol–water partition coefficient (Wildman–Crippen LogP) is 5.50. The van der Waals surface area contributed by atoms with Gasteiger partial charge in [-0.05, 0) is 61.3 Å². The Labute approximate surface area is 239 Å². The molecular formula is C26H25Cl2N3O6S2. The number of sulfone groups is 1. The van der Waals surface area contributed by atoms with Crippen LogP contribution in [-0.2, 0) is 32.3 Å². The zero-order valence-electron chi connectivity index (χ0n) is 21.2. The van der Waals surface area contributed by atoms with Crippen molar-refractivity contribution in [1.82, 2.24) is 9.69 Å². The second-order valence-electron chi connectivity index (χ2n) is 9.02. The van der Waals surface area contributed by atoms with Crippen molar-refractivity contribution in [3.8, 4) is 0 Å². The average Bonchev–Trinajstić information content (AvgIpc) is 3.51. The molecule has 0 radical (unpaired) electrons. The smallest absolute Gasteiger partial charge is 0.329 e. The van der Waals surface area contributed by atoms with E-state index in [0.717, 1.165) is 17.8 Å². The molecule has 0 aliphatic carbocycles. The normalized spacial score (nSPS) is 12.5. The van der Waals surface area contributed by atoms with Gasteiger partial charge in [-0.25, -0.2) is 13.2 Å². The summed E-state index contributed by atoms with van der Waals surface area (Å²) in [5.74, 6) is -0.119. The topological polar surface area (TPSA) is 128 Å². The standard InChI is InChI=1S/C26H25Cl2N3O6S2/c1-14(2)37-26(33)20(11-15-6-4-8-17(10-15)39(3,34)35)30-25(32)21-19(27)12-18-23(22(21)28)38-31-24(18)29-13-16-7-5-9-36-16/h4-10,12,14,20H,11,13H2,1-3H3,(H,29,31)(H,30,32)/t20-/m0/s1. The van der Waals surface area contributed by atoms with Crippen LogP contribution in [0.5, 0.6) is 0 Å². The SMILES string of the molecule is CC(C)OC(=O)[C@H](Cc1cccc(S(C)(=O)=O)c1)NC(=O)c1c(Cl)cc2c(NCc3ccco3)nsc2c1Cl. The van der Waals surface area contributed by atoms with Gasteiger partial charge in [0, 0.05) is 18.1 Å². The molecule has 13 heteroatoms. The number of aromatic nitrogens is 1. The monoisotopic (exact) mass is 609 g/mol. The van der Waals surface area contributed by atoms with E-state index < -0.39 is 33.9 Å². The molecule has 1 atom stereocenters. The van der Waals surface area contributed by atoms with E-state index in [9.17, 15) is 18.0 Å². The van der Waals surface area contributed by atoms with Gasteiger partial charge < -0.3 is 19.8 Å². The average molecular weight is 611 g/mol. The van der Waals surface area contributed by atoms with Crippen molar-refractivity contribution in [2.75, 3.05) is 11.6 Å². The molecule has 2 aromatic heterocycles. The molecule has 1 amide bonds. The Bertz CT molecular complexity index is 1620. The largest absolute Gasteiger partial charge is 0.467 e. The number of nitrogens with one attached hydrogen (secondary N) is 2. The van der Waals surface area contributed by atoms with Gasteiger partial charge in [0.1, 0.15) is 17.6 Å². The third kappa shape index (κ3) is 6.91. The van der Waals surface area contributed by atoms with Gasteiger partial charge in [0.25, 0.3) is 5.91 Å². The summed E-state index contributed by atoms with van der Waals surface area (Å²) in [5.41, 5.74) is 0.505. The molecule has 2 aromatic carbocycles. The number of hydrogen-bond acceptors (Lipinski definition) is 9. The first kappa shape index (κ1) is 28.9. The molecule has 0 fully saturated rings. The van der Waals surface area contributed by atoms with Crippen molar-refractivity contribution in [2.45, 2.75) is 43.9 Å². The Hall–Kier alpha value is -3.12. The Morgan fingerprint density at radius 2 is 1.92 bits per heavy atom. The van der Waals surface area contributed by atoms with Gasteiger partial charge in [-0.3, -0.25) is 4.79 Å². The van der Waals surface area contributed by atoms with Gasteiger partial charge in [-0.15, -0.1) is 0 Å². The fourth-order valence-electron chi connectivity index (χ4n) is 3.80. The maximum atomic E-state index is 13.4. The number of carbonyl (C=O) groups excluding carboxylic acids is 2. The van der Waals surface area contributed by atoms with Crippen LogP contribution >= 0.6 is 34.7 Å². The number of rotatable bonds is 10. The molecule has 0 saturated carbocycles. The Kier molecular flexibility index (Phi) is 8.85. The molecule has 206 valence electrons. The van der Waals surface area contributed by atoms with E-state index in [-0.39, 0.29) is 26.9 Å². The third-order valence-corrected chi connectivity index (χ3v) is 8.38. The molecule has 39 heavy (non-hydrogen) atoms. The highest BCUT2D eigenvalue weighted by Crippen LogP contribution is 2.39. The Balaban J connectivity index is 1.61. The molecular weight excluding hydrogens is 585 g/mol. The van der Waals surface area contributed by atoms with Crippen LogP contribution in [0.15, 0.2) is 58.0 Å². The molecule has 4 aromatic rings. The first-order valence-corrected chi connectivity index (χ1v) is 15.2. The zero-order chi connectivity index (χ0) is 28.3. The molecule has 2 N–H and O–H groups in total. The van der Waals surface area contributed by atoms with Crippen LogP contribution < -0.4 is 10.6 Å². The molecule has 0 bridgehead atoms. The minimum absolute atomic E-state index is 0.0143. The van der Waals surface area contributed by atoms with E-state index in [1.54, 1.807) is 44.4 Å². The van der Waals surface area contributed by atoms with E-state index in [1.807, 2.05) is 6.07 Å². The third-order valence-electron chi connectivity index (χ3n) is 5.60. The number of nitrogens with zero attached hydrogens (tertiary/aromatic N) is 1. The summed E-state index contributed by atoms with van der Waals surface area (Å²) in [6.45, 7) is 3.76. The number of carbonyl (C=O) groups is 2. The number of hydrogen-bond donors (Lipinski definition) is 2. The first-order chi connectivity index (χ1) is 18.4. The minimum Gasteiger partial charge on any atom is -0.467 e. The summed E-state index contributed by atoms with van der Waals surface area (Å²) in [4.78, 5) is 26.4. The van der Waals surface area contributed by atoms with Gasteiger partial charge >= 0.3 is 5.97 Å². The summed E-state index contributed by atoms with van der Waals surface area (Å²) >= 11 is 14.2. The van der Waals surface area contributed by atoms with Crippen LogP contribution in [0, 0.1) is 0 Å². The number of esters is 1. The molecule has 9 nitrogen and oxygen atoms in total. The molecule has 0 aliphatic heterocycles. The van der Waals surface area contributed by atoms with Gasteiger partial charge in [0.2, 0.25) is 0 Å². The molecule has 4 rings (SSSR count). The lowest BCUT2D eigenvalue weighted by Crippen LogP contribution is -2.44. The van der Waals surface area contributed by atoms with Gasteiger partial charge in [-0.1, -0.05) is 35.3 Å². The van der Waals surface area contributed by atoms with Crippen LogP contribution in [0.1, 0.15) is 35.5 Å². The van der Waals surface area contributed by atoms with Crippen molar-refractivity contribution < 1.29 is 27.2 Å². The first-order valence-electron chi connectivity index (χ1n) is 11.8. The van der Waals surface area contributed by atoms with Crippen molar-refractivity contribution >= 4 is 72.4 Å². The predicted molar refractivity (Wildman–Crippen MR) is 151 cm³/mol. The number of amides is 1. The summed E-state index contributed by atoms with van der Waals surface area (Å²) in [6.07, 6.45) is 2.21. The maximum Gasteiger partial charge on any atom is 0.329 e. The number of benzene rings is 2. The lowest BCUT2D eigenvalue weighted by molar-refractivity contribution is -0.149. The van der Waals surface area contributed by atoms with Crippen molar-refractivity contribution in [3.63, 3.8) is 0 Å². The van der Waals surface area contributed by atoms with Crippen LogP contribution in [0.2, 0.25) is 10.0 Å². The highest BCUT2D eigenvalue weighted by Gasteiger charge is 2.28. The summed E-state index contributed by atoms with van der Waals surface area (Å²) in [5, 5.41) is 6.62. The van der Waals surface area contributed by atoms with E-state index in [1.165, 1.54) is 12.1 Å². The van der Waals surface area contributed by atoms with Gasteiger partial charge in [0.15, 0.2) is 9.84 Å². The minimum atomic E-state index is -3.47. The van der Waals surface area contributed by atoms with Crippen LogP contribution in [-0.4, -0.2) is 43.1 Å². The van der Waals surface area contributed by atoms with Crippen molar-refractivity contribution in [1.29, 1.82) is 0 Å². The maximum absolute atomic E-state index is 13.4. The highest BCUT2D eigenvalue weighted by molar-refractivity contribution is 7.90. The summed E-state index contributed by atoms with van der Waals surface area (Å²) < 4.78 is 39.6. The second-order valence-corrected chi connectivity index (χ2v) is 12.6. The molecule has 2 heterocycles. The number of furan rings is 1. The van der Waals surface area contributed by atoms with Crippen LogP contribution in [0.4, 0.5) is 5.82 Å². The highest BCUT2D eigenvalue weighted by atomic mass is 35.5. The van der Waals surface area contributed by atoms with E-state index in [0.29, 0.717) is 33.8 Å². The molecule has 0 unspecified atom stereocenters. The summed E-state index contributed by atoms with van der Waals surface area (Å²) in [7, 11) is -3.47. The fourth-order valence-corrected chi connectivity index (χ4v) is 6.01. The number of fused-ring (bicyclic) bond motifs is 1. The Morgan fingerprint density at radius 1 is 1.15 bits per heavy atom. The zero-order valence-corrected chi connectivity index (χ0v) is 24.3. The van der Waals surface area contributed by atoms with Gasteiger partial charge in [0.05, 0.1) is 44.1 Å². The second kappa shape index (κ2) is 12.0. The van der Waals surface area contributed by atoms with Crippen LogP contribution in [0.25, 0.3) is 10.1 Å². The van der Waals surface area contributed by atoms with E-state index in [2.05, 4.69) is 15.0 Å². The molecule has 0 saturated heterocycles. The van der Waals surface area contributed by atoms with Crippen molar-refractivity contribution in [3.05, 3.63) is 75.7 Å². The summed E-state index contributed by atoms with van der Waals surface area (Å²) in [6, 6.07) is 10.2. The molecule has 0 aliphatic rings. The number of anilines is 1. The number of ether oxygens (including phenoxy) is 1. The van der Waals surface area contributed by atoms with Gasteiger partial charge in [-0.2, -0.15) is 4.37 Å². The van der Waals surface area contributed by atoms with Crippen molar-refractivity contribution in [2.24, 2.45) is 0 Å². The van der Waals surface area contributed by atoms with Crippen LogP contribution in [0.3, 0.4) is 0 Å². The number of halogens is 2. The van der Waals surface area contributed by atoms with E-state index >= 15 is 0 Å². The quantitative estimate of drug-likeness (QED) is 0.225. The van der Waals surface area contributed by atoms with E-state index in [4.69, 9.17) is 32.4 Å².